The molecular formula is C11H4F6NO2. The zero-order valence-corrected chi connectivity index (χ0v) is 9.34. The molecule has 0 atom stereocenters. The van der Waals surface area contributed by atoms with Gasteiger partial charge in [-0.1, -0.05) is 6.07 Å². The Kier molecular flexibility index (Phi) is 3.36. The first kappa shape index (κ1) is 14.2. The molecule has 1 radical (unpaired) electrons. The second kappa shape index (κ2) is 4.73. The predicted molar refractivity (Wildman–Crippen MR) is 51.9 cm³/mol. The van der Waals surface area contributed by atoms with E-state index < -0.39 is 35.2 Å². The lowest BCUT2D eigenvalue weighted by Gasteiger charge is -2.18. The highest BCUT2D eigenvalue weighted by Crippen LogP contribution is 2.45. The van der Waals surface area contributed by atoms with Crippen molar-refractivity contribution in [2.75, 3.05) is 0 Å². The number of ether oxygens (including phenoxy) is 1. The molecule has 0 spiro atoms. The highest BCUT2D eigenvalue weighted by molar-refractivity contribution is 5.45. The summed E-state index contributed by atoms with van der Waals surface area (Å²) >= 11 is 0. The molecule has 2 rings (SSSR count). The lowest BCUT2D eigenvalue weighted by molar-refractivity contribution is -0.162. The first-order valence-electron chi connectivity index (χ1n) is 4.96. The smallest absolute Gasteiger partial charge is 0.420 e. The maximum atomic E-state index is 12.8. The summed E-state index contributed by atoms with van der Waals surface area (Å²) in [4.78, 5) is 3.26. The van der Waals surface area contributed by atoms with E-state index in [2.05, 4.69) is 14.1 Å². The Labute approximate surface area is 107 Å². The normalized spacial score (nSPS) is 12.5. The minimum Gasteiger partial charge on any atom is -0.424 e. The molecule has 1 aromatic carbocycles. The van der Waals surface area contributed by atoms with E-state index in [1.165, 1.54) is 0 Å². The van der Waals surface area contributed by atoms with Gasteiger partial charge in [0.15, 0.2) is 0 Å². The summed E-state index contributed by atoms with van der Waals surface area (Å²) in [5, 5.41) is 0. The summed E-state index contributed by atoms with van der Waals surface area (Å²) in [6.45, 7) is 0. The Morgan fingerprint density at radius 2 is 1.75 bits per heavy atom. The molecule has 0 aliphatic rings. The molecule has 0 saturated heterocycles. The van der Waals surface area contributed by atoms with Crippen molar-refractivity contribution in [2.24, 2.45) is 0 Å². The fourth-order valence-corrected chi connectivity index (χ4v) is 1.48. The Morgan fingerprint density at radius 3 is 2.25 bits per heavy atom. The van der Waals surface area contributed by atoms with Crippen LogP contribution in [0.4, 0.5) is 26.3 Å². The summed E-state index contributed by atoms with van der Waals surface area (Å²) in [7, 11) is 0. The van der Waals surface area contributed by atoms with E-state index in [0.717, 1.165) is 18.3 Å². The number of aromatic nitrogens is 1. The number of halogens is 6. The van der Waals surface area contributed by atoms with Crippen molar-refractivity contribution in [3.05, 3.63) is 41.9 Å². The van der Waals surface area contributed by atoms with Crippen LogP contribution in [-0.4, -0.2) is 4.98 Å². The van der Waals surface area contributed by atoms with Gasteiger partial charge in [-0.05, 0) is 12.1 Å². The Balaban J connectivity index is 2.57. The van der Waals surface area contributed by atoms with Crippen molar-refractivity contribution in [3.63, 3.8) is 0 Å². The van der Waals surface area contributed by atoms with Crippen molar-refractivity contribution in [2.45, 2.75) is 12.4 Å². The van der Waals surface area contributed by atoms with Crippen LogP contribution in [0.25, 0.3) is 0 Å². The van der Waals surface area contributed by atoms with E-state index >= 15 is 0 Å². The van der Waals surface area contributed by atoms with Crippen LogP contribution in [0.15, 0.2) is 28.8 Å². The number of oxazole rings is 1. The topological polar surface area (TPSA) is 35.3 Å². The van der Waals surface area contributed by atoms with E-state index in [0.29, 0.717) is 6.07 Å². The van der Waals surface area contributed by atoms with Crippen LogP contribution in [0, 0.1) is 6.39 Å². The summed E-state index contributed by atoms with van der Waals surface area (Å²) in [5.41, 5.74) is -3.77. The third kappa shape index (κ3) is 2.86. The predicted octanol–water partition coefficient (Wildman–Crippen LogP) is 4.30. The highest BCUT2D eigenvalue weighted by Gasteiger charge is 2.45. The quantitative estimate of drug-likeness (QED) is 0.775. The van der Waals surface area contributed by atoms with Crippen LogP contribution in [0.2, 0.25) is 0 Å². The maximum Gasteiger partial charge on any atom is 0.420 e. The molecule has 9 heteroatoms. The third-order valence-electron chi connectivity index (χ3n) is 2.19. The minimum atomic E-state index is -5.24. The number of hydrogen-bond acceptors (Lipinski definition) is 3. The molecule has 0 fully saturated rings. The SMILES string of the molecule is FC(F)(F)c1cccc(Oc2cn[c]o2)c1C(F)(F)F. The monoisotopic (exact) mass is 296 g/mol. The van der Waals surface area contributed by atoms with E-state index in [1.807, 2.05) is 6.39 Å². The molecule has 0 saturated carbocycles. The van der Waals surface area contributed by atoms with Gasteiger partial charge < -0.3 is 9.15 Å². The number of rotatable bonds is 2. The lowest BCUT2D eigenvalue weighted by Crippen LogP contribution is -2.17. The molecule has 0 bridgehead atoms. The van der Waals surface area contributed by atoms with Crippen molar-refractivity contribution in [1.82, 2.24) is 4.98 Å². The van der Waals surface area contributed by atoms with Crippen molar-refractivity contribution in [3.8, 4) is 11.7 Å². The van der Waals surface area contributed by atoms with Crippen LogP contribution in [0.5, 0.6) is 11.7 Å². The average Bonchev–Trinajstić information content (AvgIpc) is 2.79. The van der Waals surface area contributed by atoms with E-state index in [-0.39, 0.29) is 0 Å². The number of alkyl halides is 6. The van der Waals surface area contributed by atoms with Crippen LogP contribution in [0.1, 0.15) is 11.1 Å². The lowest BCUT2D eigenvalue weighted by atomic mass is 10.1. The Morgan fingerprint density at radius 1 is 1.05 bits per heavy atom. The summed E-state index contributed by atoms with van der Waals surface area (Å²) in [6, 6.07) is 1.87. The Bertz CT molecular complexity index is 588. The van der Waals surface area contributed by atoms with Gasteiger partial charge >= 0.3 is 18.3 Å². The van der Waals surface area contributed by atoms with Crippen LogP contribution < -0.4 is 4.74 Å². The van der Waals surface area contributed by atoms with Gasteiger partial charge in [0, 0.05) is 0 Å². The second-order valence-electron chi connectivity index (χ2n) is 3.55. The van der Waals surface area contributed by atoms with E-state index in [4.69, 9.17) is 0 Å². The van der Waals surface area contributed by atoms with Crippen LogP contribution in [-0.2, 0) is 12.4 Å². The fourth-order valence-electron chi connectivity index (χ4n) is 1.48. The van der Waals surface area contributed by atoms with E-state index in [9.17, 15) is 26.3 Å². The number of hydrogen-bond donors (Lipinski definition) is 0. The average molecular weight is 296 g/mol. The molecule has 0 unspecified atom stereocenters. The number of nitrogens with zero attached hydrogens (tertiary/aromatic N) is 1. The molecule has 0 aliphatic carbocycles. The van der Waals surface area contributed by atoms with Crippen LogP contribution >= 0.6 is 0 Å². The molecule has 1 heterocycles. The van der Waals surface area contributed by atoms with Gasteiger partial charge in [-0.15, -0.1) is 0 Å². The van der Waals surface area contributed by atoms with Gasteiger partial charge in [-0.25, -0.2) is 4.98 Å². The summed E-state index contributed by atoms with van der Waals surface area (Å²) in [5.74, 6) is -1.53. The second-order valence-corrected chi connectivity index (χ2v) is 3.55. The summed E-state index contributed by atoms with van der Waals surface area (Å²) in [6.07, 6.45) is -7.64. The van der Waals surface area contributed by atoms with Crippen molar-refractivity contribution in [1.29, 1.82) is 0 Å². The molecule has 107 valence electrons. The molecule has 3 nitrogen and oxygen atoms in total. The standard InChI is InChI=1S/C11H4F6NO2/c12-10(13,14)6-2-1-3-7(9(6)11(15,16)17)20-8-4-18-5-19-8/h1-4H. The first-order chi connectivity index (χ1) is 9.19. The van der Waals surface area contributed by atoms with Crippen LogP contribution in [0.3, 0.4) is 0 Å². The van der Waals surface area contributed by atoms with Gasteiger partial charge in [0.2, 0.25) is 0 Å². The van der Waals surface area contributed by atoms with Gasteiger partial charge in [0.05, 0.1) is 5.56 Å². The van der Waals surface area contributed by atoms with Gasteiger partial charge in [-0.2, -0.15) is 26.3 Å². The first-order valence-corrected chi connectivity index (χ1v) is 4.96. The molecule has 0 N–H and O–H groups in total. The molecule has 0 aliphatic heterocycles. The largest absolute Gasteiger partial charge is 0.424 e. The Hall–Kier alpha value is -2.19. The molecular weight excluding hydrogens is 292 g/mol. The van der Waals surface area contributed by atoms with Gasteiger partial charge in [0.1, 0.15) is 17.5 Å². The zero-order valence-electron chi connectivity index (χ0n) is 9.34. The van der Waals surface area contributed by atoms with Gasteiger partial charge in [-0.3, -0.25) is 0 Å². The highest BCUT2D eigenvalue weighted by atomic mass is 19.4. The molecule has 0 amide bonds. The zero-order chi connectivity index (χ0) is 15.0. The van der Waals surface area contributed by atoms with E-state index in [1.54, 1.807) is 0 Å². The molecule has 1 aromatic heterocycles. The molecule has 20 heavy (non-hydrogen) atoms. The van der Waals surface area contributed by atoms with Crippen molar-refractivity contribution >= 4 is 0 Å². The third-order valence-corrected chi connectivity index (χ3v) is 2.19. The fraction of sp³-hybridized carbons (Fsp3) is 0.182. The maximum absolute atomic E-state index is 12.8. The molecule has 2 aromatic rings. The number of benzene rings is 1. The van der Waals surface area contributed by atoms with Crippen molar-refractivity contribution < 1.29 is 35.5 Å². The van der Waals surface area contributed by atoms with Gasteiger partial charge in [0.25, 0.3) is 6.39 Å². The summed E-state index contributed by atoms with van der Waals surface area (Å²) < 4.78 is 85.5. The minimum absolute atomic E-state index is 0.322.